The van der Waals surface area contributed by atoms with Gasteiger partial charge in [-0.05, 0) is 26.0 Å². The molecule has 1 aromatic heterocycles. The van der Waals surface area contributed by atoms with E-state index in [1.165, 1.54) is 6.07 Å². The third kappa shape index (κ3) is 3.26. The summed E-state index contributed by atoms with van der Waals surface area (Å²) in [6.07, 6.45) is 5.16. The van der Waals surface area contributed by atoms with Crippen LogP contribution in [0, 0.1) is 19.3 Å². The Balaban J connectivity index is 2.88. The van der Waals surface area contributed by atoms with Gasteiger partial charge < -0.3 is 5.32 Å². The summed E-state index contributed by atoms with van der Waals surface area (Å²) in [6, 6.07) is 2.86. The first kappa shape index (κ1) is 11.5. The van der Waals surface area contributed by atoms with E-state index in [-0.39, 0.29) is 11.9 Å². The molecule has 1 aromatic rings. The fourth-order valence-corrected chi connectivity index (χ4v) is 1.33. The van der Waals surface area contributed by atoms with Crippen molar-refractivity contribution in [1.29, 1.82) is 0 Å². The second kappa shape index (κ2) is 4.81. The quantitative estimate of drug-likeness (QED) is 0.613. The SMILES string of the molecule is C#CC(C)NC(=O)c1cc(C)nc(Cl)c1. The van der Waals surface area contributed by atoms with E-state index in [0.717, 1.165) is 0 Å². The van der Waals surface area contributed by atoms with Crippen LogP contribution in [-0.2, 0) is 0 Å². The third-order valence-electron chi connectivity index (χ3n) is 1.78. The standard InChI is InChI=1S/C11H11ClN2O/c1-4-7(2)14-11(15)9-5-8(3)13-10(12)6-9/h1,5-7H,2-3H3,(H,14,15). The Bertz CT molecular complexity index is 403. The number of nitrogens with one attached hydrogen (secondary N) is 1. The van der Waals surface area contributed by atoms with E-state index in [1.807, 2.05) is 0 Å². The molecule has 78 valence electrons. The molecule has 15 heavy (non-hydrogen) atoms. The first-order valence-electron chi connectivity index (χ1n) is 4.44. The van der Waals surface area contributed by atoms with Crippen LogP contribution in [0.3, 0.4) is 0 Å². The van der Waals surface area contributed by atoms with E-state index in [2.05, 4.69) is 16.2 Å². The number of pyridine rings is 1. The predicted octanol–water partition coefficient (Wildman–Crippen LogP) is 1.79. The molecule has 1 N–H and O–H groups in total. The van der Waals surface area contributed by atoms with Crippen molar-refractivity contribution in [3.63, 3.8) is 0 Å². The average molecular weight is 223 g/mol. The highest BCUT2D eigenvalue weighted by Gasteiger charge is 2.09. The van der Waals surface area contributed by atoms with Crippen LogP contribution < -0.4 is 5.32 Å². The van der Waals surface area contributed by atoms with Gasteiger partial charge in [0.25, 0.3) is 5.91 Å². The molecule has 1 amide bonds. The number of hydrogen-bond acceptors (Lipinski definition) is 2. The monoisotopic (exact) mass is 222 g/mol. The zero-order chi connectivity index (χ0) is 11.4. The Kier molecular flexibility index (Phi) is 3.70. The van der Waals surface area contributed by atoms with Gasteiger partial charge in [0, 0.05) is 11.3 Å². The van der Waals surface area contributed by atoms with Crippen LogP contribution in [0.4, 0.5) is 0 Å². The molecule has 0 aliphatic rings. The molecule has 1 rings (SSSR count). The number of amides is 1. The summed E-state index contributed by atoms with van der Waals surface area (Å²) >= 11 is 5.73. The predicted molar refractivity (Wildman–Crippen MR) is 59.7 cm³/mol. The molecular weight excluding hydrogens is 212 g/mol. The zero-order valence-corrected chi connectivity index (χ0v) is 9.30. The van der Waals surface area contributed by atoms with Crippen molar-refractivity contribution in [1.82, 2.24) is 10.3 Å². The highest BCUT2D eigenvalue weighted by atomic mass is 35.5. The highest BCUT2D eigenvalue weighted by Crippen LogP contribution is 2.10. The summed E-state index contributed by atoms with van der Waals surface area (Å²) in [5.41, 5.74) is 1.16. The van der Waals surface area contributed by atoms with Crippen molar-refractivity contribution in [2.24, 2.45) is 0 Å². The molecule has 3 nitrogen and oxygen atoms in total. The minimum absolute atomic E-state index is 0.243. The lowest BCUT2D eigenvalue weighted by Crippen LogP contribution is -2.31. The first-order chi connectivity index (χ1) is 7.02. The maximum absolute atomic E-state index is 11.6. The molecule has 1 atom stereocenters. The number of rotatable bonds is 2. The normalized spacial score (nSPS) is 11.6. The minimum Gasteiger partial charge on any atom is -0.339 e. The number of carbonyl (C=O) groups excluding carboxylic acids is 1. The number of aryl methyl sites for hydroxylation is 1. The van der Waals surface area contributed by atoms with Gasteiger partial charge in [-0.3, -0.25) is 4.79 Å². The van der Waals surface area contributed by atoms with Crippen molar-refractivity contribution in [2.45, 2.75) is 19.9 Å². The van der Waals surface area contributed by atoms with Gasteiger partial charge in [-0.25, -0.2) is 4.98 Å². The average Bonchev–Trinajstić information content (AvgIpc) is 2.16. The van der Waals surface area contributed by atoms with Crippen molar-refractivity contribution < 1.29 is 4.79 Å². The van der Waals surface area contributed by atoms with E-state index in [1.54, 1.807) is 19.9 Å². The van der Waals surface area contributed by atoms with Crippen LogP contribution in [0.1, 0.15) is 23.0 Å². The van der Waals surface area contributed by atoms with Gasteiger partial charge in [-0.1, -0.05) is 17.5 Å². The van der Waals surface area contributed by atoms with Crippen LogP contribution in [0.2, 0.25) is 5.15 Å². The van der Waals surface area contributed by atoms with Gasteiger partial charge in [0.05, 0.1) is 6.04 Å². The van der Waals surface area contributed by atoms with Gasteiger partial charge >= 0.3 is 0 Å². The molecular formula is C11H11ClN2O. The van der Waals surface area contributed by atoms with Crippen LogP contribution >= 0.6 is 11.6 Å². The molecule has 0 saturated heterocycles. The van der Waals surface area contributed by atoms with E-state index in [9.17, 15) is 4.79 Å². The summed E-state index contributed by atoms with van der Waals surface area (Å²) in [5.74, 6) is 2.17. The molecule has 0 saturated carbocycles. The third-order valence-corrected chi connectivity index (χ3v) is 1.98. The molecule has 0 radical (unpaired) electrons. The molecule has 0 spiro atoms. The summed E-state index contributed by atoms with van der Waals surface area (Å²) in [6.45, 7) is 3.50. The van der Waals surface area contributed by atoms with Crippen LogP contribution in [0.15, 0.2) is 12.1 Å². The fraction of sp³-hybridized carbons (Fsp3) is 0.273. The van der Waals surface area contributed by atoms with Gasteiger partial charge in [0.1, 0.15) is 5.15 Å². The smallest absolute Gasteiger partial charge is 0.252 e. The topological polar surface area (TPSA) is 42.0 Å². The summed E-state index contributed by atoms with van der Waals surface area (Å²) < 4.78 is 0. The van der Waals surface area contributed by atoms with Crippen molar-refractivity contribution >= 4 is 17.5 Å². The second-order valence-electron chi connectivity index (χ2n) is 3.18. The Hall–Kier alpha value is -1.53. The maximum atomic E-state index is 11.6. The van der Waals surface area contributed by atoms with Gasteiger partial charge in [0.15, 0.2) is 0 Å². The van der Waals surface area contributed by atoms with Gasteiger partial charge in [0.2, 0.25) is 0 Å². The molecule has 0 bridgehead atoms. The summed E-state index contributed by atoms with van der Waals surface area (Å²) in [5, 5.41) is 2.94. The molecule has 1 heterocycles. The Morgan fingerprint density at radius 1 is 1.67 bits per heavy atom. The lowest BCUT2D eigenvalue weighted by molar-refractivity contribution is 0.0948. The highest BCUT2D eigenvalue weighted by molar-refractivity contribution is 6.29. The molecule has 4 heteroatoms. The number of aromatic nitrogens is 1. The zero-order valence-electron chi connectivity index (χ0n) is 8.54. The number of carbonyl (C=O) groups is 1. The molecule has 0 fully saturated rings. The van der Waals surface area contributed by atoms with Crippen LogP contribution in [0.25, 0.3) is 0 Å². The number of hydrogen-bond donors (Lipinski definition) is 1. The summed E-state index contributed by atoms with van der Waals surface area (Å²) in [7, 11) is 0. The second-order valence-corrected chi connectivity index (χ2v) is 3.57. The van der Waals surface area contributed by atoms with Crippen molar-refractivity contribution in [3.05, 3.63) is 28.5 Å². The van der Waals surface area contributed by atoms with E-state index in [4.69, 9.17) is 18.0 Å². The van der Waals surface area contributed by atoms with Crippen LogP contribution in [-0.4, -0.2) is 16.9 Å². The Morgan fingerprint density at radius 3 is 2.87 bits per heavy atom. The number of halogens is 1. The number of terminal acetylenes is 1. The Morgan fingerprint density at radius 2 is 2.33 bits per heavy atom. The van der Waals surface area contributed by atoms with Crippen molar-refractivity contribution in [2.75, 3.05) is 0 Å². The Labute approximate surface area is 93.9 Å². The minimum atomic E-state index is -0.301. The molecule has 1 unspecified atom stereocenters. The largest absolute Gasteiger partial charge is 0.339 e. The van der Waals surface area contributed by atoms with E-state index in [0.29, 0.717) is 16.4 Å². The maximum Gasteiger partial charge on any atom is 0.252 e. The molecule has 0 aliphatic carbocycles. The molecule has 0 aliphatic heterocycles. The van der Waals surface area contributed by atoms with Gasteiger partial charge in [-0.2, -0.15) is 0 Å². The lowest BCUT2D eigenvalue weighted by Gasteiger charge is -2.08. The number of nitrogens with zero attached hydrogens (tertiary/aromatic N) is 1. The lowest BCUT2D eigenvalue weighted by atomic mass is 10.2. The van der Waals surface area contributed by atoms with Crippen LogP contribution in [0.5, 0.6) is 0 Å². The van der Waals surface area contributed by atoms with Gasteiger partial charge in [-0.15, -0.1) is 6.42 Å². The summed E-state index contributed by atoms with van der Waals surface area (Å²) in [4.78, 5) is 15.6. The van der Waals surface area contributed by atoms with E-state index < -0.39 is 0 Å². The van der Waals surface area contributed by atoms with E-state index >= 15 is 0 Å². The first-order valence-corrected chi connectivity index (χ1v) is 4.82. The fourth-order valence-electron chi connectivity index (χ4n) is 1.08. The van der Waals surface area contributed by atoms with Crippen molar-refractivity contribution in [3.8, 4) is 12.3 Å². The molecule has 0 aromatic carbocycles.